The van der Waals surface area contributed by atoms with Crippen LogP contribution in [0, 0.1) is 11.8 Å². The van der Waals surface area contributed by atoms with Crippen molar-refractivity contribution in [1.82, 2.24) is 0 Å². The maximum absolute atomic E-state index is 6.39. The van der Waals surface area contributed by atoms with E-state index in [1.165, 1.54) is 38.5 Å². The van der Waals surface area contributed by atoms with Gasteiger partial charge in [0.2, 0.25) is 0 Å². The summed E-state index contributed by atoms with van der Waals surface area (Å²) in [6, 6.07) is 5.79. The monoisotopic (exact) mass is 368 g/mol. The van der Waals surface area contributed by atoms with Crippen LogP contribution in [0.3, 0.4) is 0 Å². The van der Waals surface area contributed by atoms with Gasteiger partial charge in [-0.1, -0.05) is 83.9 Å². The number of rotatable bonds is 14. The van der Waals surface area contributed by atoms with Crippen LogP contribution >= 0.6 is 11.6 Å². The summed E-state index contributed by atoms with van der Waals surface area (Å²) < 4.78 is 12.2. The summed E-state index contributed by atoms with van der Waals surface area (Å²) in [5.74, 6) is 2.67. The average molecular weight is 369 g/mol. The minimum absolute atomic E-state index is 0.581. The molecule has 0 fully saturated rings. The minimum atomic E-state index is 0.581. The Morgan fingerprint density at radius 3 is 1.92 bits per heavy atom. The van der Waals surface area contributed by atoms with Crippen LogP contribution < -0.4 is 9.47 Å². The second kappa shape index (κ2) is 13.3. The number of benzene rings is 1. The smallest absolute Gasteiger partial charge is 0.179 e. The number of para-hydroxylation sites is 1. The normalized spacial score (nSPS) is 13.5. The zero-order valence-corrected chi connectivity index (χ0v) is 17.4. The number of halogens is 1. The van der Waals surface area contributed by atoms with Gasteiger partial charge in [0.15, 0.2) is 11.5 Å². The van der Waals surface area contributed by atoms with Crippen molar-refractivity contribution in [3.8, 4) is 11.5 Å². The topological polar surface area (TPSA) is 18.5 Å². The second-order valence-corrected chi connectivity index (χ2v) is 7.43. The first-order valence-corrected chi connectivity index (χ1v) is 10.6. The summed E-state index contributed by atoms with van der Waals surface area (Å²) >= 11 is 6.39. The van der Waals surface area contributed by atoms with Crippen molar-refractivity contribution >= 4 is 11.6 Å². The Morgan fingerprint density at radius 2 is 1.40 bits per heavy atom. The highest BCUT2D eigenvalue weighted by Crippen LogP contribution is 2.36. The molecule has 0 saturated heterocycles. The molecule has 2 atom stereocenters. The Kier molecular flexibility index (Phi) is 11.8. The molecule has 0 heterocycles. The number of hydrogen-bond donors (Lipinski definition) is 0. The maximum atomic E-state index is 6.39. The van der Waals surface area contributed by atoms with Crippen molar-refractivity contribution in [2.45, 2.75) is 79.1 Å². The Balaban J connectivity index is 2.67. The lowest BCUT2D eigenvalue weighted by Crippen LogP contribution is -2.14. The van der Waals surface area contributed by atoms with Crippen molar-refractivity contribution in [1.29, 1.82) is 0 Å². The fraction of sp³-hybridized carbons (Fsp3) is 0.727. The first-order chi connectivity index (χ1) is 12.2. The molecular weight excluding hydrogens is 332 g/mol. The summed E-state index contributed by atoms with van der Waals surface area (Å²) in [6.07, 6.45) is 9.69. The zero-order valence-electron chi connectivity index (χ0n) is 16.7. The van der Waals surface area contributed by atoms with Gasteiger partial charge in [0.1, 0.15) is 0 Å². The van der Waals surface area contributed by atoms with E-state index in [1.54, 1.807) is 0 Å². The van der Waals surface area contributed by atoms with Gasteiger partial charge >= 0.3 is 0 Å². The van der Waals surface area contributed by atoms with Gasteiger partial charge in [-0.3, -0.25) is 0 Å². The van der Waals surface area contributed by atoms with Crippen LogP contribution in [0.15, 0.2) is 18.2 Å². The maximum Gasteiger partial charge on any atom is 0.179 e. The molecule has 3 heteroatoms. The lowest BCUT2D eigenvalue weighted by Gasteiger charge is -2.20. The van der Waals surface area contributed by atoms with Crippen molar-refractivity contribution in [3.63, 3.8) is 0 Å². The molecule has 0 amide bonds. The largest absolute Gasteiger partial charge is 0.489 e. The predicted octanol–water partition coefficient (Wildman–Crippen LogP) is 7.53. The van der Waals surface area contributed by atoms with Crippen LogP contribution in [0.1, 0.15) is 79.1 Å². The van der Waals surface area contributed by atoms with E-state index in [0.29, 0.717) is 29.2 Å². The lowest BCUT2D eigenvalue weighted by atomic mass is 10.0. The fourth-order valence-electron chi connectivity index (χ4n) is 2.95. The Bertz CT molecular complexity index is 461. The third-order valence-corrected chi connectivity index (χ3v) is 5.25. The standard InChI is InChI=1S/C22H37ClO2/c1-5-9-12-18(7-3)16-24-21-15-11-14-20(23)22(21)25-17-19(8-4)13-10-6-2/h11,14-15,18-19H,5-10,12-13,16-17H2,1-4H3. The molecule has 0 aliphatic rings. The van der Waals surface area contributed by atoms with Crippen LogP contribution in [0.4, 0.5) is 0 Å². The van der Waals surface area contributed by atoms with E-state index in [1.807, 2.05) is 18.2 Å². The number of unbranched alkanes of at least 4 members (excludes halogenated alkanes) is 2. The molecule has 0 spiro atoms. The van der Waals surface area contributed by atoms with E-state index >= 15 is 0 Å². The van der Waals surface area contributed by atoms with E-state index in [-0.39, 0.29) is 0 Å². The van der Waals surface area contributed by atoms with Gasteiger partial charge in [-0.05, 0) is 36.8 Å². The molecule has 2 nitrogen and oxygen atoms in total. The Labute approximate surface area is 160 Å². The van der Waals surface area contributed by atoms with Crippen molar-refractivity contribution in [2.24, 2.45) is 11.8 Å². The molecule has 0 aliphatic heterocycles. The van der Waals surface area contributed by atoms with Gasteiger partial charge in [0.25, 0.3) is 0 Å². The van der Waals surface area contributed by atoms with Crippen LogP contribution in [-0.2, 0) is 0 Å². The van der Waals surface area contributed by atoms with Gasteiger partial charge < -0.3 is 9.47 Å². The van der Waals surface area contributed by atoms with Gasteiger partial charge in [-0.2, -0.15) is 0 Å². The van der Waals surface area contributed by atoms with Crippen LogP contribution in [0.25, 0.3) is 0 Å². The minimum Gasteiger partial charge on any atom is -0.489 e. The highest BCUT2D eigenvalue weighted by molar-refractivity contribution is 6.32. The summed E-state index contributed by atoms with van der Waals surface area (Å²) in [7, 11) is 0. The van der Waals surface area contributed by atoms with E-state index in [2.05, 4.69) is 27.7 Å². The number of ether oxygens (including phenoxy) is 2. The molecule has 2 unspecified atom stereocenters. The highest BCUT2D eigenvalue weighted by Gasteiger charge is 2.15. The molecule has 25 heavy (non-hydrogen) atoms. The molecule has 0 aromatic heterocycles. The molecule has 0 saturated carbocycles. The van der Waals surface area contributed by atoms with Crippen molar-refractivity contribution in [3.05, 3.63) is 23.2 Å². The molecular formula is C22H37ClO2. The molecule has 0 bridgehead atoms. The zero-order chi connectivity index (χ0) is 18.5. The summed E-state index contributed by atoms with van der Waals surface area (Å²) in [5, 5.41) is 0.643. The van der Waals surface area contributed by atoms with Crippen molar-refractivity contribution < 1.29 is 9.47 Å². The van der Waals surface area contributed by atoms with Crippen LogP contribution in [0.2, 0.25) is 5.02 Å². The Morgan fingerprint density at radius 1 is 0.840 bits per heavy atom. The lowest BCUT2D eigenvalue weighted by molar-refractivity contribution is 0.199. The van der Waals surface area contributed by atoms with Gasteiger partial charge in [0.05, 0.1) is 18.2 Å². The van der Waals surface area contributed by atoms with E-state index in [9.17, 15) is 0 Å². The fourth-order valence-corrected chi connectivity index (χ4v) is 3.17. The molecule has 0 N–H and O–H groups in total. The quantitative estimate of drug-likeness (QED) is 0.337. The van der Waals surface area contributed by atoms with E-state index in [4.69, 9.17) is 21.1 Å². The molecule has 1 aromatic rings. The van der Waals surface area contributed by atoms with Crippen molar-refractivity contribution in [2.75, 3.05) is 13.2 Å². The van der Waals surface area contributed by atoms with Crippen LogP contribution in [-0.4, -0.2) is 13.2 Å². The predicted molar refractivity (Wildman–Crippen MR) is 109 cm³/mol. The van der Waals surface area contributed by atoms with Crippen LogP contribution in [0.5, 0.6) is 11.5 Å². The summed E-state index contributed by atoms with van der Waals surface area (Å²) in [4.78, 5) is 0. The van der Waals surface area contributed by atoms with Gasteiger partial charge in [0, 0.05) is 0 Å². The Hall–Kier alpha value is -0.890. The SMILES string of the molecule is CCCCC(CC)COc1cccc(Cl)c1OCC(CC)CCCC. The second-order valence-electron chi connectivity index (χ2n) is 7.02. The third-order valence-electron chi connectivity index (χ3n) is 4.96. The third kappa shape index (κ3) is 8.35. The average Bonchev–Trinajstić information content (AvgIpc) is 2.63. The molecule has 1 aromatic carbocycles. The molecule has 144 valence electrons. The van der Waals surface area contributed by atoms with Gasteiger partial charge in [-0.15, -0.1) is 0 Å². The van der Waals surface area contributed by atoms with E-state index < -0.39 is 0 Å². The summed E-state index contributed by atoms with van der Waals surface area (Å²) in [5.41, 5.74) is 0. The first kappa shape index (κ1) is 22.2. The van der Waals surface area contributed by atoms with E-state index in [0.717, 1.165) is 25.2 Å². The first-order valence-electron chi connectivity index (χ1n) is 10.2. The summed E-state index contributed by atoms with van der Waals surface area (Å²) in [6.45, 7) is 10.4. The molecule has 0 radical (unpaired) electrons. The highest BCUT2D eigenvalue weighted by atomic mass is 35.5. The van der Waals surface area contributed by atoms with Gasteiger partial charge in [-0.25, -0.2) is 0 Å². The number of hydrogen-bond acceptors (Lipinski definition) is 2. The molecule has 0 aliphatic carbocycles. The molecule has 1 rings (SSSR count).